The van der Waals surface area contributed by atoms with Crippen molar-refractivity contribution >= 4 is 11.6 Å². The lowest BCUT2D eigenvalue weighted by Crippen LogP contribution is -2.24. The Balaban J connectivity index is 2.11. The monoisotopic (exact) mass is 288 g/mol. The van der Waals surface area contributed by atoms with E-state index in [1.54, 1.807) is 6.20 Å². The standard InChI is InChI=1S/C17H21ClN2/c1-3-5-17(14-7-9-16(18)10-8-14)20-13(2)15-6-4-11-19-12-15/h4,6-13,17,20H,3,5H2,1-2H3. The molecule has 0 radical (unpaired) electrons. The third kappa shape index (κ3) is 4.06. The number of nitrogens with one attached hydrogen (secondary N) is 1. The fourth-order valence-electron chi connectivity index (χ4n) is 2.36. The van der Waals surface area contributed by atoms with Gasteiger partial charge in [0.1, 0.15) is 0 Å². The Hall–Kier alpha value is -1.38. The molecule has 3 heteroatoms. The van der Waals surface area contributed by atoms with Crippen molar-refractivity contribution in [1.29, 1.82) is 0 Å². The quantitative estimate of drug-likeness (QED) is 0.815. The van der Waals surface area contributed by atoms with Crippen LogP contribution in [0.15, 0.2) is 48.8 Å². The van der Waals surface area contributed by atoms with E-state index in [0.29, 0.717) is 6.04 Å². The molecule has 2 unspecified atom stereocenters. The summed E-state index contributed by atoms with van der Waals surface area (Å²) in [6.45, 7) is 4.38. The largest absolute Gasteiger partial charge is 0.303 e. The minimum absolute atomic E-state index is 0.274. The van der Waals surface area contributed by atoms with Crippen molar-refractivity contribution in [1.82, 2.24) is 10.3 Å². The fraction of sp³-hybridized carbons (Fsp3) is 0.353. The number of halogens is 1. The van der Waals surface area contributed by atoms with Gasteiger partial charge in [-0.2, -0.15) is 0 Å². The first-order chi connectivity index (χ1) is 9.70. The topological polar surface area (TPSA) is 24.9 Å². The molecule has 0 saturated heterocycles. The molecular formula is C17H21ClN2. The Kier molecular flexibility index (Phi) is 5.57. The van der Waals surface area contributed by atoms with Crippen LogP contribution in [0.25, 0.3) is 0 Å². The minimum Gasteiger partial charge on any atom is -0.303 e. The summed E-state index contributed by atoms with van der Waals surface area (Å²) >= 11 is 5.97. The lowest BCUT2D eigenvalue weighted by Gasteiger charge is -2.23. The van der Waals surface area contributed by atoms with Crippen molar-refractivity contribution in [3.8, 4) is 0 Å². The summed E-state index contributed by atoms with van der Waals surface area (Å²) in [5, 5.41) is 4.47. The molecule has 2 aromatic rings. The predicted molar refractivity (Wildman–Crippen MR) is 84.9 cm³/mol. The maximum absolute atomic E-state index is 5.97. The van der Waals surface area contributed by atoms with Gasteiger partial charge in [-0.3, -0.25) is 4.98 Å². The van der Waals surface area contributed by atoms with E-state index in [1.165, 1.54) is 11.1 Å². The van der Waals surface area contributed by atoms with Crippen molar-refractivity contribution in [2.24, 2.45) is 0 Å². The molecule has 0 aliphatic carbocycles. The second-order valence-corrected chi connectivity index (χ2v) is 5.50. The lowest BCUT2D eigenvalue weighted by molar-refractivity contribution is 0.439. The van der Waals surface area contributed by atoms with E-state index in [-0.39, 0.29) is 6.04 Å². The van der Waals surface area contributed by atoms with Gasteiger partial charge in [-0.05, 0) is 42.7 Å². The van der Waals surface area contributed by atoms with E-state index < -0.39 is 0 Å². The highest BCUT2D eigenvalue weighted by molar-refractivity contribution is 6.30. The zero-order valence-corrected chi connectivity index (χ0v) is 12.8. The molecular weight excluding hydrogens is 268 g/mol. The summed E-state index contributed by atoms with van der Waals surface area (Å²) < 4.78 is 0. The Bertz CT molecular complexity index is 510. The van der Waals surface area contributed by atoms with Crippen LogP contribution in [-0.4, -0.2) is 4.98 Å². The van der Waals surface area contributed by atoms with Gasteiger partial charge >= 0.3 is 0 Å². The first-order valence-corrected chi connectivity index (χ1v) is 7.50. The van der Waals surface area contributed by atoms with Gasteiger partial charge in [-0.15, -0.1) is 0 Å². The summed E-state index contributed by atoms with van der Waals surface area (Å²) in [6, 6.07) is 12.8. The number of pyridine rings is 1. The number of benzene rings is 1. The third-order valence-corrected chi connectivity index (χ3v) is 3.74. The molecule has 2 rings (SSSR count). The van der Waals surface area contributed by atoms with Crippen molar-refractivity contribution in [3.63, 3.8) is 0 Å². The van der Waals surface area contributed by atoms with Crippen molar-refractivity contribution in [2.75, 3.05) is 0 Å². The van der Waals surface area contributed by atoms with Crippen LogP contribution < -0.4 is 5.32 Å². The van der Waals surface area contributed by atoms with Gasteiger partial charge in [0.2, 0.25) is 0 Å². The number of aromatic nitrogens is 1. The minimum atomic E-state index is 0.274. The van der Waals surface area contributed by atoms with Crippen molar-refractivity contribution in [2.45, 2.75) is 38.8 Å². The van der Waals surface area contributed by atoms with Crippen LogP contribution in [0.1, 0.15) is 49.9 Å². The average Bonchev–Trinajstić information content (AvgIpc) is 2.48. The van der Waals surface area contributed by atoms with Crippen molar-refractivity contribution in [3.05, 3.63) is 64.9 Å². The first kappa shape index (κ1) is 15.0. The lowest BCUT2D eigenvalue weighted by atomic mass is 10.00. The summed E-state index contributed by atoms with van der Waals surface area (Å²) in [4.78, 5) is 4.19. The van der Waals surface area contributed by atoms with Crippen LogP contribution in [-0.2, 0) is 0 Å². The molecule has 20 heavy (non-hydrogen) atoms. The summed E-state index contributed by atoms with van der Waals surface area (Å²) in [5.41, 5.74) is 2.49. The Labute approximate surface area is 126 Å². The molecule has 0 aliphatic rings. The van der Waals surface area contributed by atoms with Gasteiger partial charge in [-0.25, -0.2) is 0 Å². The number of hydrogen-bond donors (Lipinski definition) is 1. The van der Waals surface area contributed by atoms with E-state index in [0.717, 1.165) is 17.9 Å². The van der Waals surface area contributed by atoms with E-state index in [9.17, 15) is 0 Å². The Morgan fingerprint density at radius 3 is 2.50 bits per heavy atom. The smallest absolute Gasteiger partial charge is 0.0406 e. The van der Waals surface area contributed by atoms with Crippen molar-refractivity contribution < 1.29 is 0 Å². The van der Waals surface area contributed by atoms with Crippen LogP contribution in [0, 0.1) is 0 Å². The van der Waals surface area contributed by atoms with Gasteiger partial charge in [0.25, 0.3) is 0 Å². The third-order valence-electron chi connectivity index (χ3n) is 3.49. The SMILES string of the molecule is CCCC(NC(C)c1cccnc1)c1ccc(Cl)cc1. The molecule has 0 saturated carbocycles. The zero-order chi connectivity index (χ0) is 14.4. The fourth-order valence-corrected chi connectivity index (χ4v) is 2.49. The summed E-state index contributed by atoms with van der Waals surface area (Å²) in [7, 11) is 0. The second kappa shape index (κ2) is 7.41. The zero-order valence-electron chi connectivity index (χ0n) is 12.0. The number of rotatable bonds is 6. The summed E-state index contributed by atoms with van der Waals surface area (Å²) in [5.74, 6) is 0. The molecule has 1 N–H and O–H groups in total. The van der Waals surface area contributed by atoms with Gasteiger partial charge < -0.3 is 5.32 Å². The molecule has 0 bridgehead atoms. The summed E-state index contributed by atoms with van der Waals surface area (Å²) in [6.07, 6.45) is 5.97. The molecule has 0 fully saturated rings. The highest BCUT2D eigenvalue weighted by atomic mass is 35.5. The molecule has 2 atom stereocenters. The molecule has 1 aromatic heterocycles. The normalized spacial score (nSPS) is 13.9. The second-order valence-electron chi connectivity index (χ2n) is 5.07. The van der Waals surface area contributed by atoms with E-state index >= 15 is 0 Å². The van der Waals surface area contributed by atoms with Crippen LogP contribution in [0.3, 0.4) is 0 Å². The maximum Gasteiger partial charge on any atom is 0.0406 e. The van der Waals surface area contributed by atoms with Gasteiger partial charge in [0.05, 0.1) is 0 Å². The molecule has 0 spiro atoms. The van der Waals surface area contributed by atoms with Gasteiger partial charge in [-0.1, -0.05) is 43.1 Å². The maximum atomic E-state index is 5.97. The van der Waals surface area contributed by atoms with Gasteiger partial charge in [0.15, 0.2) is 0 Å². The molecule has 1 heterocycles. The Morgan fingerprint density at radius 1 is 1.15 bits per heavy atom. The van der Waals surface area contributed by atoms with Crippen LogP contribution in [0.5, 0.6) is 0 Å². The van der Waals surface area contributed by atoms with Gasteiger partial charge in [0, 0.05) is 29.5 Å². The molecule has 0 aliphatic heterocycles. The Morgan fingerprint density at radius 2 is 1.90 bits per heavy atom. The van der Waals surface area contributed by atoms with Crippen LogP contribution in [0.4, 0.5) is 0 Å². The number of hydrogen-bond acceptors (Lipinski definition) is 2. The average molecular weight is 289 g/mol. The first-order valence-electron chi connectivity index (χ1n) is 7.12. The predicted octanol–water partition coefficient (Wildman–Crippen LogP) is 4.93. The highest BCUT2D eigenvalue weighted by Crippen LogP contribution is 2.24. The molecule has 1 aromatic carbocycles. The molecule has 2 nitrogen and oxygen atoms in total. The molecule has 0 amide bonds. The highest BCUT2D eigenvalue weighted by Gasteiger charge is 2.14. The molecule has 106 valence electrons. The van der Waals surface area contributed by atoms with Crippen LogP contribution in [0.2, 0.25) is 5.02 Å². The van der Waals surface area contributed by atoms with E-state index in [4.69, 9.17) is 11.6 Å². The van der Waals surface area contributed by atoms with E-state index in [1.807, 2.05) is 24.4 Å². The number of nitrogens with zero attached hydrogens (tertiary/aromatic N) is 1. The van der Waals surface area contributed by atoms with Crippen LogP contribution >= 0.6 is 11.6 Å². The van der Waals surface area contributed by atoms with E-state index in [2.05, 4.69) is 42.3 Å².